The molecule has 0 unspecified atom stereocenters. The molecule has 0 aliphatic carbocycles. The Morgan fingerprint density at radius 3 is 2.88 bits per heavy atom. The molecule has 0 fully saturated rings. The first kappa shape index (κ1) is 11.2. The first-order valence-electron chi connectivity index (χ1n) is 5.62. The lowest BCUT2D eigenvalue weighted by Crippen LogP contribution is -2.04. The Balaban J connectivity index is 2.30. The van der Waals surface area contributed by atoms with Crippen molar-refractivity contribution < 1.29 is 9.84 Å². The summed E-state index contributed by atoms with van der Waals surface area (Å²) in [4.78, 5) is 0. The van der Waals surface area contributed by atoms with Crippen LogP contribution in [0.1, 0.15) is 12.5 Å². The van der Waals surface area contributed by atoms with Crippen LogP contribution in [0.25, 0.3) is 10.9 Å². The highest BCUT2D eigenvalue weighted by Crippen LogP contribution is 2.21. The second-order valence-corrected chi connectivity index (χ2v) is 3.72. The largest absolute Gasteiger partial charge is 0.392 e. The number of aliphatic hydroxyl groups excluding tert-OH is 1. The fourth-order valence-corrected chi connectivity index (χ4v) is 1.94. The Labute approximate surface area is 95.3 Å². The van der Waals surface area contributed by atoms with Crippen LogP contribution in [0.4, 0.5) is 0 Å². The monoisotopic (exact) mass is 219 g/mol. The average Bonchev–Trinajstić information content (AvgIpc) is 2.68. The third kappa shape index (κ3) is 2.10. The van der Waals surface area contributed by atoms with Crippen molar-refractivity contribution in [2.24, 2.45) is 0 Å². The third-order valence-corrected chi connectivity index (χ3v) is 2.72. The molecule has 0 spiro atoms. The zero-order chi connectivity index (χ0) is 11.4. The lowest BCUT2D eigenvalue weighted by molar-refractivity contribution is 0.140. The van der Waals surface area contributed by atoms with Crippen LogP contribution in [0, 0.1) is 0 Å². The van der Waals surface area contributed by atoms with E-state index in [-0.39, 0.29) is 6.61 Å². The molecule has 1 aromatic heterocycles. The van der Waals surface area contributed by atoms with Crippen LogP contribution in [0.15, 0.2) is 30.5 Å². The van der Waals surface area contributed by atoms with Crippen LogP contribution in [-0.4, -0.2) is 22.9 Å². The summed E-state index contributed by atoms with van der Waals surface area (Å²) >= 11 is 0. The van der Waals surface area contributed by atoms with Gasteiger partial charge in [0.25, 0.3) is 0 Å². The van der Waals surface area contributed by atoms with Gasteiger partial charge in [-0.2, -0.15) is 0 Å². The molecular weight excluding hydrogens is 202 g/mol. The summed E-state index contributed by atoms with van der Waals surface area (Å²) in [6.45, 7) is 4.36. The molecule has 0 bridgehead atoms. The second-order valence-electron chi connectivity index (χ2n) is 3.72. The zero-order valence-corrected chi connectivity index (χ0v) is 9.52. The van der Waals surface area contributed by atoms with Gasteiger partial charge < -0.3 is 14.4 Å². The van der Waals surface area contributed by atoms with E-state index in [2.05, 4.69) is 10.6 Å². The van der Waals surface area contributed by atoms with Crippen molar-refractivity contribution in [3.8, 4) is 0 Å². The van der Waals surface area contributed by atoms with Crippen LogP contribution in [0.2, 0.25) is 0 Å². The van der Waals surface area contributed by atoms with E-state index in [1.54, 1.807) is 0 Å². The molecule has 1 heterocycles. The molecule has 1 N–H and O–H groups in total. The summed E-state index contributed by atoms with van der Waals surface area (Å²) in [6, 6.07) is 8.12. The minimum Gasteiger partial charge on any atom is -0.392 e. The summed E-state index contributed by atoms with van der Waals surface area (Å²) in [5.41, 5.74) is 2.14. The van der Waals surface area contributed by atoms with Crippen molar-refractivity contribution in [2.45, 2.75) is 20.1 Å². The fourth-order valence-electron chi connectivity index (χ4n) is 1.94. The number of aliphatic hydroxyl groups is 1. The zero-order valence-electron chi connectivity index (χ0n) is 9.52. The molecule has 0 atom stereocenters. The quantitative estimate of drug-likeness (QED) is 0.782. The summed E-state index contributed by atoms with van der Waals surface area (Å²) in [5, 5.41) is 10.4. The molecule has 0 aliphatic heterocycles. The van der Waals surface area contributed by atoms with Crippen molar-refractivity contribution in [1.29, 1.82) is 0 Å². The van der Waals surface area contributed by atoms with Gasteiger partial charge in [-0.25, -0.2) is 0 Å². The van der Waals surface area contributed by atoms with Crippen LogP contribution in [-0.2, 0) is 17.9 Å². The predicted molar refractivity (Wildman–Crippen MR) is 64.4 cm³/mol. The Morgan fingerprint density at radius 1 is 1.31 bits per heavy atom. The van der Waals surface area contributed by atoms with E-state index >= 15 is 0 Å². The minimum atomic E-state index is 0.0855. The number of benzene rings is 1. The molecule has 1 aromatic carbocycles. The number of nitrogens with zero attached hydrogens (tertiary/aromatic N) is 1. The highest BCUT2D eigenvalue weighted by atomic mass is 16.5. The topological polar surface area (TPSA) is 34.4 Å². The number of ether oxygens (including phenoxy) is 1. The van der Waals surface area contributed by atoms with Gasteiger partial charge in [-0.1, -0.05) is 18.2 Å². The highest BCUT2D eigenvalue weighted by Gasteiger charge is 2.06. The van der Waals surface area contributed by atoms with E-state index < -0.39 is 0 Å². The molecule has 0 saturated heterocycles. The Kier molecular flexibility index (Phi) is 3.59. The maximum absolute atomic E-state index is 9.28. The number of hydrogen-bond donors (Lipinski definition) is 1. The highest BCUT2D eigenvalue weighted by molar-refractivity contribution is 5.83. The Hall–Kier alpha value is -1.32. The summed E-state index contributed by atoms with van der Waals surface area (Å²) in [5.74, 6) is 0. The van der Waals surface area contributed by atoms with Crippen molar-refractivity contribution in [2.75, 3.05) is 13.2 Å². The van der Waals surface area contributed by atoms with E-state index in [0.29, 0.717) is 6.61 Å². The molecule has 2 aromatic rings. The fraction of sp³-hybridized carbons (Fsp3) is 0.385. The predicted octanol–water partition coefficient (Wildman–Crippen LogP) is 2.17. The average molecular weight is 219 g/mol. The molecule has 0 saturated carbocycles. The van der Waals surface area contributed by atoms with Gasteiger partial charge in [0.05, 0.1) is 13.2 Å². The molecule has 3 heteroatoms. The lowest BCUT2D eigenvalue weighted by Gasteiger charge is -2.04. The van der Waals surface area contributed by atoms with Gasteiger partial charge in [-0.05, 0) is 13.0 Å². The SMILES string of the molecule is CCOCCn1cc(CO)c2ccccc21. The molecule has 0 aliphatic rings. The first-order valence-corrected chi connectivity index (χ1v) is 5.62. The molecule has 16 heavy (non-hydrogen) atoms. The van der Waals surface area contributed by atoms with Crippen LogP contribution < -0.4 is 0 Å². The van der Waals surface area contributed by atoms with E-state index in [0.717, 1.165) is 29.6 Å². The van der Waals surface area contributed by atoms with Gasteiger partial charge in [0.2, 0.25) is 0 Å². The van der Waals surface area contributed by atoms with E-state index in [9.17, 15) is 5.11 Å². The number of fused-ring (bicyclic) bond motifs is 1. The maximum Gasteiger partial charge on any atom is 0.0702 e. The van der Waals surface area contributed by atoms with Crippen LogP contribution >= 0.6 is 0 Å². The van der Waals surface area contributed by atoms with Gasteiger partial charge in [0.15, 0.2) is 0 Å². The summed E-state index contributed by atoms with van der Waals surface area (Å²) in [7, 11) is 0. The summed E-state index contributed by atoms with van der Waals surface area (Å²) < 4.78 is 7.48. The van der Waals surface area contributed by atoms with Gasteiger partial charge in [0, 0.05) is 35.8 Å². The smallest absolute Gasteiger partial charge is 0.0702 e. The Bertz CT molecular complexity index is 462. The Morgan fingerprint density at radius 2 is 2.12 bits per heavy atom. The van der Waals surface area contributed by atoms with E-state index in [1.165, 1.54) is 0 Å². The molecule has 3 nitrogen and oxygen atoms in total. The molecule has 2 rings (SSSR count). The van der Waals surface area contributed by atoms with Crippen molar-refractivity contribution >= 4 is 10.9 Å². The van der Waals surface area contributed by atoms with Crippen LogP contribution in [0.3, 0.4) is 0 Å². The lowest BCUT2D eigenvalue weighted by atomic mass is 10.2. The molecule has 0 amide bonds. The summed E-state index contributed by atoms with van der Waals surface area (Å²) in [6.07, 6.45) is 2.00. The van der Waals surface area contributed by atoms with Crippen LogP contribution in [0.5, 0.6) is 0 Å². The van der Waals surface area contributed by atoms with Gasteiger partial charge in [-0.3, -0.25) is 0 Å². The molecular formula is C13H17NO2. The van der Waals surface area contributed by atoms with Crippen molar-refractivity contribution in [1.82, 2.24) is 4.57 Å². The number of hydrogen-bond acceptors (Lipinski definition) is 2. The van der Waals surface area contributed by atoms with Crippen molar-refractivity contribution in [3.05, 3.63) is 36.0 Å². The minimum absolute atomic E-state index is 0.0855. The van der Waals surface area contributed by atoms with Gasteiger partial charge in [0.1, 0.15) is 0 Å². The standard InChI is InChI=1S/C13H17NO2/c1-2-16-8-7-14-9-11(10-15)12-5-3-4-6-13(12)14/h3-6,9,15H,2,7-8,10H2,1H3. The van der Waals surface area contributed by atoms with E-state index in [1.807, 2.05) is 31.3 Å². The third-order valence-electron chi connectivity index (χ3n) is 2.72. The van der Waals surface area contributed by atoms with Crippen molar-refractivity contribution in [3.63, 3.8) is 0 Å². The van der Waals surface area contributed by atoms with E-state index in [4.69, 9.17) is 4.74 Å². The second kappa shape index (κ2) is 5.14. The molecule has 86 valence electrons. The number of para-hydroxylation sites is 1. The normalized spacial score (nSPS) is 11.1. The van der Waals surface area contributed by atoms with Gasteiger partial charge in [-0.15, -0.1) is 0 Å². The number of rotatable bonds is 5. The van der Waals surface area contributed by atoms with Gasteiger partial charge >= 0.3 is 0 Å². The maximum atomic E-state index is 9.28. The molecule has 0 radical (unpaired) electrons. The number of aromatic nitrogens is 1. The first-order chi connectivity index (χ1) is 7.86.